The fourth-order valence-electron chi connectivity index (χ4n) is 3.25. The molecule has 2 heterocycles. The molecule has 2 N–H and O–H groups in total. The molecule has 0 aliphatic heterocycles. The van der Waals surface area contributed by atoms with E-state index in [1.807, 2.05) is 12.1 Å². The van der Waals surface area contributed by atoms with Gasteiger partial charge in [0.1, 0.15) is 5.75 Å². The minimum Gasteiger partial charge on any atom is -0.507 e. The fourth-order valence-corrected chi connectivity index (χ4v) is 3.75. The number of aryl methyl sites for hydroxylation is 1. The van der Waals surface area contributed by atoms with Crippen LogP contribution in [0.2, 0.25) is 5.02 Å². The minimum absolute atomic E-state index is 0.0599. The third-order valence-electron chi connectivity index (χ3n) is 4.96. The van der Waals surface area contributed by atoms with Gasteiger partial charge in [-0.2, -0.15) is 10.1 Å². The monoisotopic (exact) mass is 516 g/mol. The van der Waals surface area contributed by atoms with Gasteiger partial charge < -0.3 is 5.11 Å². The number of aromatic hydroxyl groups is 1. The Morgan fingerprint density at radius 2 is 1.88 bits per heavy atom. The summed E-state index contributed by atoms with van der Waals surface area (Å²) in [6.45, 7) is 0.293. The van der Waals surface area contributed by atoms with Gasteiger partial charge in [-0.1, -0.05) is 39.7 Å². The molecule has 11 heteroatoms. The van der Waals surface area contributed by atoms with Crippen LogP contribution in [0.4, 0.5) is 5.95 Å². The summed E-state index contributed by atoms with van der Waals surface area (Å²) in [6.07, 6.45) is 1.43. The van der Waals surface area contributed by atoms with E-state index in [1.54, 1.807) is 41.9 Å². The van der Waals surface area contributed by atoms with E-state index < -0.39 is 11.2 Å². The number of benzene rings is 2. The average Bonchev–Trinajstić information content (AvgIpc) is 3.13. The quantitative estimate of drug-likeness (QED) is 0.313. The van der Waals surface area contributed by atoms with E-state index in [-0.39, 0.29) is 22.9 Å². The molecule has 0 amide bonds. The lowest BCUT2D eigenvalue weighted by Gasteiger charge is -2.09. The van der Waals surface area contributed by atoms with E-state index in [2.05, 4.69) is 31.4 Å². The summed E-state index contributed by atoms with van der Waals surface area (Å²) in [5, 5.41) is 14.8. The van der Waals surface area contributed by atoms with Crippen molar-refractivity contribution in [3.63, 3.8) is 0 Å². The lowest BCUT2D eigenvalue weighted by molar-refractivity contribution is 0.474. The first-order valence-electron chi connectivity index (χ1n) is 9.44. The van der Waals surface area contributed by atoms with Crippen molar-refractivity contribution in [2.45, 2.75) is 6.54 Å². The molecule has 4 aromatic rings. The summed E-state index contributed by atoms with van der Waals surface area (Å²) in [4.78, 5) is 29.7. The van der Waals surface area contributed by atoms with Crippen LogP contribution < -0.4 is 16.7 Å². The molecule has 0 aliphatic carbocycles. The summed E-state index contributed by atoms with van der Waals surface area (Å²) in [7, 11) is 2.97. The van der Waals surface area contributed by atoms with E-state index in [9.17, 15) is 14.7 Å². The van der Waals surface area contributed by atoms with Gasteiger partial charge in [-0.15, -0.1) is 0 Å². The number of halogens is 2. The molecule has 0 unspecified atom stereocenters. The molecular weight excluding hydrogens is 500 g/mol. The summed E-state index contributed by atoms with van der Waals surface area (Å²) in [6, 6.07) is 12.1. The SMILES string of the molecule is Cn1c(=O)c2c(nc(N/N=C\c3cc(Br)ccc3O)n2Cc2ccc(Cl)cc2)n(C)c1=O. The zero-order valence-corrected chi connectivity index (χ0v) is 19.4. The number of rotatable bonds is 5. The molecule has 164 valence electrons. The van der Waals surface area contributed by atoms with Gasteiger partial charge in [-0.3, -0.25) is 18.5 Å². The average molecular weight is 518 g/mol. The number of fused-ring (bicyclic) bond motifs is 1. The molecule has 0 saturated heterocycles. The number of nitrogens with zero attached hydrogens (tertiary/aromatic N) is 5. The molecular formula is C21H18BrClN6O3. The highest BCUT2D eigenvalue weighted by atomic mass is 79.9. The third-order valence-corrected chi connectivity index (χ3v) is 5.70. The highest BCUT2D eigenvalue weighted by Crippen LogP contribution is 2.21. The van der Waals surface area contributed by atoms with Crippen LogP contribution in [0.5, 0.6) is 5.75 Å². The van der Waals surface area contributed by atoms with E-state index in [1.165, 1.54) is 17.8 Å². The maximum atomic E-state index is 12.9. The van der Waals surface area contributed by atoms with Crippen LogP contribution >= 0.6 is 27.5 Å². The lowest BCUT2D eigenvalue weighted by Crippen LogP contribution is -2.37. The van der Waals surface area contributed by atoms with Crippen LogP contribution in [0.25, 0.3) is 11.2 Å². The smallest absolute Gasteiger partial charge is 0.332 e. The van der Waals surface area contributed by atoms with Gasteiger partial charge in [0.25, 0.3) is 5.56 Å². The standard InChI is InChI=1S/C21H18BrClN6O3/c1-27-18-17(19(31)28(2)21(27)32)29(11-12-3-6-15(23)7-4-12)20(25-18)26-24-10-13-9-14(22)5-8-16(13)30/h3-10,30H,11H2,1-2H3,(H,25,26)/b24-10-. The van der Waals surface area contributed by atoms with Crippen molar-refractivity contribution in [3.8, 4) is 5.75 Å². The van der Waals surface area contributed by atoms with Gasteiger partial charge in [0, 0.05) is 29.2 Å². The molecule has 2 aromatic heterocycles. The Morgan fingerprint density at radius 3 is 2.59 bits per heavy atom. The Labute approximate surface area is 195 Å². The topological polar surface area (TPSA) is 106 Å². The van der Waals surface area contributed by atoms with Crippen molar-refractivity contribution in [1.82, 2.24) is 18.7 Å². The number of hydrogen-bond donors (Lipinski definition) is 2. The number of nitrogens with one attached hydrogen (secondary N) is 1. The predicted octanol–water partition coefficient (Wildman–Crippen LogP) is 3.05. The van der Waals surface area contributed by atoms with Crippen molar-refractivity contribution in [2.75, 3.05) is 5.43 Å². The van der Waals surface area contributed by atoms with Gasteiger partial charge in [-0.05, 0) is 35.9 Å². The number of imidazole rings is 1. The number of anilines is 1. The Hall–Kier alpha value is -3.37. The first-order chi connectivity index (χ1) is 15.3. The number of phenols is 1. The summed E-state index contributed by atoms with van der Waals surface area (Å²) >= 11 is 9.34. The van der Waals surface area contributed by atoms with E-state index in [4.69, 9.17) is 11.6 Å². The van der Waals surface area contributed by atoms with Crippen molar-refractivity contribution in [2.24, 2.45) is 19.2 Å². The van der Waals surface area contributed by atoms with Crippen LogP contribution in [0, 0.1) is 0 Å². The molecule has 2 aromatic carbocycles. The van der Waals surface area contributed by atoms with Gasteiger partial charge in [0.2, 0.25) is 5.95 Å². The van der Waals surface area contributed by atoms with Crippen LogP contribution in [0.15, 0.2) is 61.6 Å². The molecule has 4 rings (SSSR count). The zero-order valence-electron chi connectivity index (χ0n) is 17.1. The summed E-state index contributed by atoms with van der Waals surface area (Å²) in [5.41, 5.74) is 3.73. The second-order valence-corrected chi connectivity index (χ2v) is 8.45. The van der Waals surface area contributed by atoms with E-state index in [0.717, 1.165) is 14.6 Å². The third kappa shape index (κ3) is 4.06. The molecule has 0 bridgehead atoms. The Kier molecular flexibility index (Phi) is 5.90. The Balaban J connectivity index is 1.82. The second kappa shape index (κ2) is 8.64. The number of hydrogen-bond acceptors (Lipinski definition) is 6. The fraction of sp³-hybridized carbons (Fsp3) is 0.143. The maximum absolute atomic E-state index is 12.9. The number of phenolic OH excluding ortho intramolecular Hbond substituents is 1. The van der Waals surface area contributed by atoms with E-state index >= 15 is 0 Å². The molecule has 9 nitrogen and oxygen atoms in total. The molecule has 0 atom stereocenters. The predicted molar refractivity (Wildman–Crippen MR) is 128 cm³/mol. The first-order valence-corrected chi connectivity index (χ1v) is 10.6. The molecule has 0 fully saturated rings. The molecule has 0 saturated carbocycles. The van der Waals surface area contributed by atoms with Crippen LogP contribution in [-0.2, 0) is 20.6 Å². The second-order valence-electron chi connectivity index (χ2n) is 7.10. The number of hydrazone groups is 1. The van der Waals surface area contributed by atoms with Crippen molar-refractivity contribution in [1.29, 1.82) is 0 Å². The van der Waals surface area contributed by atoms with Crippen LogP contribution in [-0.4, -0.2) is 30.0 Å². The van der Waals surface area contributed by atoms with Gasteiger partial charge in [0.05, 0.1) is 12.8 Å². The normalized spacial score (nSPS) is 11.5. The number of aromatic nitrogens is 4. The van der Waals surface area contributed by atoms with Crippen molar-refractivity contribution < 1.29 is 5.11 Å². The molecule has 0 aliphatic rings. The van der Waals surface area contributed by atoms with Gasteiger partial charge in [-0.25, -0.2) is 10.2 Å². The summed E-state index contributed by atoms with van der Waals surface area (Å²) < 4.78 is 4.78. The van der Waals surface area contributed by atoms with Crippen molar-refractivity contribution in [3.05, 3.63) is 83.9 Å². The van der Waals surface area contributed by atoms with E-state index in [0.29, 0.717) is 17.1 Å². The molecule has 0 spiro atoms. The zero-order chi connectivity index (χ0) is 23.0. The van der Waals surface area contributed by atoms with Crippen LogP contribution in [0.3, 0.4) is 0 Å². The highest BCUT2D eigenvalue weighted by molar-refractivity contribution is 9.10. The molecule has 32 heavy (non-hydrogen) atoms. The first kappa shape index (κ1) is 21.8. The van der Waals surface area contributed by atoms with Crippen LogP contribution in [0.1, 0.15) is 11.1 Å². The lowest BCUT2D eigenvalue weighted by atomic mass is 10.2. The molecule has 0 radical (unpaired) electrons. The maximum Gasteiger partial charge on any atom is 0.332 e. The summed E-state index contributed by atoms with van der Waals surface area (Å²) in [5.74, 6) is 0.323. The van der Waals surface area contributed by atoms with Gasteiger partial charge in [0.15, 0.2) is 11.2 Å². The largest absolute Gasteiger partial charge is 0.507 e. The van der Waals surface area contributed by atoms with Crippen molar-refractivity contribution >= 4 is 50.9 Å². The minimum atomic E-state index is -0.479. The Bertz CT molecular complexity index is 1470. The highest BCUT2D eigenvalue weighted by Gasteiger charge is 2.19. The van der Waals surface area contributed by atoms with Gasteiger partial charge >= 0.3 is 5.69 Å². The Morgan fingerprint density at radius 1 is 1.16 bits per heavy atom.